The van der Waals surface area contributed by atoms with Gasteiger partial charge in [-0.1, -0.05) is 12.1 Å². The van der Waals surface area contributed by atoms with Crippen molar-refractivity contribution in [2.75, 3.05) is 18.0 Å². The third-order valence-electron chi connectivity index (χ3n) is 5.08. The molecule has 1 amide bonds. The smallest absolute Gasteiger partial charge is 0.241 e. The molecule has 27 heavy (non-hydrogen) atoms. The normalized spacial score (nSPS) is 15.0. The molecular weight excluding hydrogens is 347 g/mol. The summed E-state index contributed by atoms with van der Waals surface area (Å²) in [6.07, 6.45) is 1.52. The molecule has 0 bridgehead atoms. The molecule has 1 aromatic heterocycles. The van der Waals surface area contributed by atoms with Crippen LogP contribution in [0.15, 0.2) is 24.3 Å². The Morgan fingerprint density at radius 2 is 1.89 bits per heavy atom. The Morgan fingerprint density at radius 3 is 2.48 bits per heavy atom. The van der Waals surface area contributed by atoms with E-state index in [1.807, 2.05) is 11.0 Å². The van der Waals surface area contributed by atoms with Crippen LogP contribution in [0, 0.1) is 19.7 Å². The summed E-state index contributed by atoms with van der Waals surface area (Å²) in [5.41, 5.74) is 2.55. The second kappa shape index (κ2) is 7.90. The van der Waals surface area contributed by atoms with Crippen molar-refractivity contribution in [3.8, 4) is 0 Å². The van der Waals surface area contributed by atoms with E-state index in [1.54, 1.807) is 30.7 Å². The number of halogens is 1. The van der Waals surface area contributed by atoms with Gasteiger partial charge >= 0.3 is 0 Å². The standard InChI is InChI=1S/C20H25FN4O2/c1-13-20(15(3)26)14(2)25(23-13)12-19(27)22-16-8-10-24(11-9-16)18-7-5-4-6-17(18)21/h4-7,16H,8-12H2,1-3H3,(H,22,27). The van der Waals surface area contributed by atoms with Crippen LogP contribution in [0.5, 0.6) is 0 Å². The number of hydrogen-bond donors (Lipinski definition) is 1. The molecular formula is C20H25FN4O2. The van der Waals surface area contributed by atoms with E-state index in [2.05, 4.69) is 10.4 Å². The zero-order valence-corrected chi connectivity index (χ0v) is 16.0. The summed E-state index contributed by atoms with van der Waals surface area (Å²) < 4.78 is 15.5. The van der Waals surface area contributed by atoms with Crippen LogP contribution in [0.3, 0.4) is 0 Å². The number of ketones is 1. The van der Waals surface area contributed by atoms with Crippen molar-refractivity contribution in [1.82, 2.24) is 15.1 Å². The molecule has 3 rings (SSSR count). The fourth-order valence-corrected chi connectivity index (χ4v) is 3.74. The number of piperidine rings is 1. The van der Waals surface area contributed by atoms with Gasteiger partial charge in [-0.15, -0.1) is 0 Å². The Labute approximate surface area is 158 Å². The first-order valence-electron chi connectivity index (χ1n) is 9.20. The lowest BCUT2D eigenvalue weighted by Gasteiger charge is -2.34. The van der Waals surface area contributed by atoms with Crippen LogP contribution in [-0.4, -0.2) is 40.6 Å². The molecule has 144 valence electrons. The molecule has 1 N–H and O–H groups in total. The highest BCUT2D eigenvalue weighted by Gasteiger charge is 2.23. The number of nitrogens with one attached hydrogen (secondary N) is 1. The second-order valence-electron chi connectivity index (χ2n) is 7.04. The number of carbonyl (C=O) groups excluding carboxylic acids is 2. The Morgan fingerprint density at radius 1 is 1.22 bits per heavy atom. The monoisotopic (exact) mass is 372 g/mol. The zero-order valence-electron chi connectivity index (χ0n) is 16.0. The van der Waals surface area contributed by atoms with Gasteiger partial charge in [-0.05, 0) is 45.7 Å². The summed E-state index contributed by atoms with van der Waals surface area (Å²) >= 11 is 0. The number of aromatic nitrogens is 2. The number of amides is 1. The molecule has 1 aromatic carbocycles. The number of hydrogen-bond acceptors (Lipinski definition) is 4. The average molecular weight is 372 g/mol. The van der Waals surface area contributed by atoms with Crippen molar-refractivity contribution >= 4 is 17.4 Å². The summed E-state index contributed by atoms with van der Waals surface area (Å²) in [6, 6.07) is 6.82. The van der Waals surface area contributed by atoms with E-state index in [0.29, 0.717) is 35.7 Å². The van der Waals surface area contributed by atoms with E-state index in [4.69, 9.17) is 0 Å². The molecule has 1 aliphatic rings. The predicted molar refractivity (Wildman–Crippen MR) is 101 cm³/mol. The van der Waals surface area contributed by atoms with Gasteiger partial charge in [0.2, 0.25) is 5.91 Å². The fourth-order valence-electron chi connectivity index (χ4n) is 3.74. The Hall–Kier alpha value is -2.70. The molecule has 0 atom stereocenters. The first-order valence-corrected chi connectivity index (χ1v) is 9.20. The topological polar surface area (TPSA) is 67.2 Å². The quantitative estimate of drug-likeness (QED) is 0.820. The SMILES string of the molecule is CC(=O)c1c(C)nn(CC(=O)NC2CCN(c3ccccc3F)CC2)c1C. The molecule has 0 spiro atoms. The molecule has 6 nitrogen and oxygen atoms in total. The summed E-state index contributed by atoms with van der Waals surface area (Å²) in [6.45, 7) is 6.56. The van der Waals surface area contributed by atoms with Gasteiger partial charge in [0.25, 0.3) is 0 Å². The Bertz CT molecular complexity index is 854. The maximum atomic E-state index is 13.9. The van der Waals surface area contributed by atoms with E-state index in [9.17, 15) is 14.0 Å². The van der Waals surface area contributed by atoms with Crippen LogP contribution in [0.2, 0.25) is 0 Å². The largest absolute Gasteiger partial charge is 0.369 e. The fraction of sp³-hybridized carbons (Fsp3) is 0.450. The van der Waals surface area contributed by atoms with E-state index in [-0.39, 0.29) is 30.1 Å². The first-order chi connectivity index (χ1) is 12.9. The molecule has 2 heterocycles. The van der Waals surface area contributed by atoms with Crippen LogP contribution in [0.4, 0.5) is 10.1 Å². The lowest BCUT2D eigenvalue weighted by Crippen LogP contribution is -2.45. The predicted octanol–water partition coefficient (Wildman–Crippen LogP) is 2.63. The van der Waals surface area contributed by atoms with Crippen molar-refractivity contribution in [1.29, 1.82) is 0 Å². The van der Waals surface area contributed by atoms with Crippen LogP contribution in [-0.2, 0) is 11.3 Å². The van der Waals surface area contributed by atoms with Crippen molar-refractivity contribution in [3.63, 3.8) is 0 Å². The van der Waals surface area contributed by atoms with E-state index >= 15 is 0 Å². The maximum Gasteiger partial charge on any atom is 0.241 e. The highest BCUT2D eigenvalue weighted by Crippen LogP contribution is 2.23. The zero-order chi connectivity index (χ0) is 19.6. The van der Waals surface area contributed by atoms with Gasteiger partial charge in [-0.3, -0.25) is 14.3 Å². The number of Topliss-reactive ketones (excluding diaryl/α,β-unsaturated/α-hetero) is 1. The molecule has 0 saturated carbocycles. The lowest BCUT2D eigenvalue weighted by atomic mass is 10.0. The summed E-state index contributed by atoms with van der Waals surface area (Å²) in [4.78, 5) is 26.1. The maximum absolute atomic E-state index is 13.9. The van der Waals surface area contributed by atoms with E-state index in [0.717, 1.165) is 12.8 Å². The van der Waals surface area contributed by atoms with E-state index in [1.165, 1.54) is 13.0 Å². The number of aryl methyl sites for hydroxylation is 1. The van der Waals surface area contributed by atoms with Gasteiger partial charge in [-0.25, -0.2) is 4.39 Å². The Balaban J connectivity index is 1.55. The molecule has 7 heteroatoms. The first kappa shape index (κ1) is 19.1. The number of benzene rings is 1. The van der Waals surface area contributed by atoms with Gasteiger partial charge in [-0.2, -0.15) is 5.10 Å². The van der Waals surface area contributed by atoms with Crippen LogP contribution in [0.25, 0.3) is 0 Å². The van der Waals surface area contributed by atoms with Crippen molar-refractivity contribution < 1.29 is 14.0 Å². The second-order valence-corrected chi connectivity index (χ2v) is 7.04. The highest BCUT2D eigenvalue weighted by molar-refractivity contribution is 5.96. The molecule has 0 radical (unpaired) electrons. The van der Waals surface area contributed by atoms with E-state index < -0.39 is 0 Å². The Kier molecular flexibility index (Phi) is 5.58. The van der Waals surface area contributed by atoms with Gasteiger partial charge in [0.1, 0.15) is 12.4 Å². The van der Waals surface area contributed by atoms with Gasteiger partial charge in [0.05, 0.1) is 16.9 Å². The van der Waals surface area contributed by atoms with Crippen LogP contribution >= 0.6 is 0 Å². The average Bonchev–Trinajstić information content (AvgIpc) is 2.89. The van der Waals surface area contributed by atoms with Crippen molar-refractivity contribution in [3.05, 3.63) is 47.0 Å². The minimum Gasteiger partial charge on any atom is -0.369 e. The molecule has 0 unspecified atom stereocenters. The van der Waals surface area contributed by atoms with Crippen molar-refractivity contribution in [2.24, 2.45) is 0 Å². The third-order valence-corrected chi connectivity index (χ3v) is 5.08. The minimum absolute atomic E-state index is 0.0443. The molecule has 1 fully saturated rings. The summed E-state index contributed by atoms with van der Waals surface area (Å²) in [5, 5.41) is 7.35. The molecule has 1 saturated heterocycles. The molecule has 2 aromatic rings. The molecule has 0 aliphatic carbocycles. The third kappa shape index (κ3) is 4.18. The molecule has 1 aliphatic heterocycles. The van der Waals surface area contributed by atoms with Gasteiger partial charge < -0.3 is 10.2 Å². The number of carbonyl (C=O) groups is 2. The number of nitrogens with zero attached hydrogens (tertiary/aromatic N) is 3. The lowest BCUT2D eigenvalue weighted by molar-refractivity contribution is -0.122. The number of anilines is 1. The highest BCUT2D eigenvalue weighted by atomic mass is 19.1. The van der Waals surface area contributed by atoms with Crippen molar-refractivity contribution in [2.45, 2.75) is 46.2 Å². The van der Waals surface area contributed by atoms with Gasteiger partial charge in [0, 0.05) is 24.8 Å². The van der Waals surface area contributed by atoms with Crippen LogP contribution < -0.4 is 10.2 Å². The minimum atomic E-state index is -0.217. The number of rotatable bonds is 5. The summed E-state index contributed by atoms with van der Waals surface area (Å²) in [7, 11) is 0. The van der Waals surface area contributed by atoms with Crippen LogP contribution in [0.1, 0.15) is 41.5 Å². The summed E-state index contributed by atoms with van der Waals surface area (Å²) in [5.74, 6) is -0.386. The number of para-hydroxylation sites is 1. The van der Waals surface area contributed by atoms with Gasteiger partial charge in [0.15, 0.2) is 5.78 Å².